The first kappa shape index (κ1) is 13.3. The van der Waals surface area contributed by atoms with Gasteiger partial charge in [-0.2, -0.15) is 4.68 Å². The Hall–Kier alpha value is -2.16. The molecular weight excluding hydrogens is 272 g/mol. The van der Waals surface area contributed by atoms with Crippen LogP contribution in [0.4, 0.5) is 0 Å². The van der Waals surface area contributed by atoms with E-state index in [4.69, 9.17) is 9.47 Å². The van der Waals surface area contributed by atoms with Gasteiger partial charge in [0.1, 0.15) is 0 Å². The van der Waals surface area contributed by atoms with E-state index in [0.717, 1.165) is 10.9 Å². The number of hydrogen-bond donors (Lipinski definition) is 0. The molecule has 19 heavy (non-hydrogen) atoms. The Labute approximate surface area is 109 Å². The highest BCUT2D eigenvalue weighted by atomic mass is 32.2. The first-order valence-corrected chi connectivity index (χ1v) is 7.07. The van der Waals surface area contributed by atoms with Crippen molar-refractivity contribution in [2.75, 3.05) is 20.5 Å². The predicted molar refractivity (Wildman–Crippen MR) is 65.4 cm³/mol. The Morgan fingerprint density at radius 1 is 1.16 bits per heavy atom. The van der Waals surface area contributed by atoms with Gasteiger partial charge in [0.05, 0.1) is 19.9 Å². The summed E-state index contributed by atoms with van der Waals surface area (Å²) >= 11 is 0. The van der Waals surface area contributed by atoms with E-state index < -0.39 is 9.84 Å². The average molecular weight is 284 g/mol. The van der Waals surface area contributed by atoms with Crippen molar-refractivity contribution >= 4 is 9.84 Å². The summed E-state index contributed by atoms with van der Waals surface area (Å²) in [4.78, 5) is 0. The van der Waals surface area contributed by atoms with Gasteiger partial charge in [-0.15, -0.1) is 0 Å². The molecule has 1 aromatic heterocycles. The van der Waals surface area contributed by atoms with Crippen molar-refractivity contribution < 1.29 is 17.9 Å². The topological polar surface area (TPSA) is 96.2 Å². The van der Waals surface area contributed by atoms with Crippen LogP contribution in [-0.2, 0) is 9.84 Å². The van der Waals surface area contributed by atoms with Crippen molar-refractivity contribution in [1.29, 1.82) is 0 Å². The summed E-state index contributed by atoms with van der Waals surface area (Å²) in [7, 11) is -0.524. The van der Waals surface area contributed by atoms with E-state index in [2.05, 4.69) is 15.5 Å². The van der Waals surface area contributed by atoms with Crippen molar-refractivity contribution in [1.82, 2.24) is 20.2 Å². The number of sulfone groups is 1. The summed E-state index contributed by atoms with van der Waals surface area (Å²) in [5.74, 6) is 0.982. The highest BCUT2D eigenvalue weighted by molar-refractivity contribution is 7.90. The molecule has 0 aliphatic heterocycles. The van der Waals surface area contributed by atoms with E-state index in [0.29, 0.717) is 17.2 Å². The fraction of sp³-hybridized carbons (Fsp3) is 0.300. The van der Waals surface area contributed by atoms with Crippen molar-refractivity contribution in [3.8, 4) is 17.2 Å². The Balaban J connectivity index is 2.58. The third-order valence-electron chi connectivity index (χ3n) is 2.38. The Kier molecular flexibility index (Phi) is 3.38. The van der Waals surface area contributed by atoms with Crippen LogP contribution in [-0.4, -0.2) is 49.1 Å². The summed E-state index contributed by atoms with van der Waals surface area (Å²) in [5, 5.41) is 10.3. The van der Waals surface area contributed by atoms with Gasteiger partial charge in [-0.3, -0.25) is 0 Å². The molecule has 0 amide bonds. The maximum Gasteiger partial charge on any atom is 0.272 e. The van der Waals surface area contributed by atoms with E-state index in [-0.39, 0.29) is 5.16 Å². The molecule has 0 saturated carbocycles. The first-order chi connectivity index (χ1) is 8.97. The highest BCUT2D eigenvalue weighted by Crippen LogP contribution is 2.29. The summed E-state index contributed by atoms with van der Waals surface area (Å²) in [6.45, 7) is 0. The molecular formula is C10H12N4O4S. The number of hydrogen-bond acceptors (Lipinski definition) is 7. The normalized spacial score (nSPS) is 11.3. The molecule has 2 rings (SSSR count). The van der Waals surface area contributed by atoms with E-state index in [1.54, 1.807) is 18.2 Å². The minimum absolute atomic E-state index is 0.236. The van der Waals surface area contributed by atoms with Gasteiger partial charge in [-0.05, 0) is 22.6 Å². The predicted octanol–water partition coefficient (Wildman–Crippen LogP) is 0.0830. The van der Waals surface area contributed by atoms with Crippen LogP contribution in [0, 0.1) is 0 Å². The first-order valence-electron chi connectivity index (χ1n) is 5.18. The van der Waals surface area contributed by atoms with Crippen molar-refractivity contribution in [2.24, 2.45) is 0 Å². The molecule has 0 aliphatic carbocycles. The van der Waals surface area contributed by atoms with Gasteiger partial charge in [-0.1, -0.05) is 5.10 Å². The van der Waals surface area contributed by atoms with E-state index >= 15 is 0 Å². The molecule has 0 saturated heterocycles. The molecule has 0 N–H and O–H groups in total. The molecule has 102 valence electrons. The summed E-state index contributed by atoms with van der Waals surface area (Å²) in [6.07, 6.45) is 1.04. The zero-order chi connectivity index (χ0) is 14.0. The van der Waals surface area contributed by atoms with E-state index in [1.165, 1.54) is 14.2 Å². The maximum absolute atomic E-state index is 11.5. The van der Waals surface area contributed by atoms with Crippen LogP contribution in [0.3, 0.4) is 0 Å². The van der Waals surface area contributed by atoms with E-state index in [1.807, 2.05) is 0 Å². The SMILES string of the molecule is COc1ccc(-n2nnnc2S(C)(=O)=O)cc1OC. The van der Waals surface area contributed by atoms with Gasteiger partial charge in [-0.25, -0.2) is 8.42 Å². The number of benzene rings is 1. The zero-order valence-corrected chi connectivity index (χ0v) is 11.4. The minimum atomic E-state index is -3.52. The molecule has 1 aromatic carbocycles. The number of rotatable bonds is 4. The second kappa shape index (κ2) is 4.84. The molecule has 1 heterocycles. The minimum Gasteiger partial charge on any atom is -0.493 e. The number of ether oxygens (including phenoxy) is 2. The molecule has 8 nitrogen and oxygen atoms in total. The molecule has 0 fully saturated rings. The monoisotopic (exact) mass is 284 g/mol. The van der Waals surface area contributed by atoms with Gasteiger partial charge in [0.25, 0.3) is 5.16 Å². The Morgan fingerprint density at radius 3 is 2.42 bits per heavy atom. The lowest BCUT2D eigenvalue weighted by Gasteiger charge is -2.09. The fourth-order valence-electron chi connectivity index (χ4n) is 1.53. The van der Waals surface area contributed by atoms with Crippen molar-refractivity contribution in [2.45, 2.75) is 5.16 Å². The summed E-state index contributed by atoms with van der Waals surface area (Å²) in [5.41, 5.74) is 0.461. The third-order valence-corrected chi connectivity index (χ3v) is 3.30. The highest BCUT2D eigenvalue weighted by Gasteiger charge is 2.19. The fourth-order valence-corrected chi connectivity index (χ4v) is 2.17. The number of nitrogens with zero attached hydrogens (tertiary/aromatic N) is 4. The number of methoxy groups -OCH3 is 2. The van der Waals surface area contributed by atoms with Crippen LogP contribution in [0.5, 0.6) is 11.5 Å². The third kappa shape index (κ3) is 2.50. The van der Waals surface area contributed by atoms with Crippen LogP contribution >= 0.6 is 0 Å². The van der Waals surface area contributed by atoms with Gasteiger partial charge >= 0.3 is 0 Å². The lowest BCUT2D eigenvalue weighted by molar-refractivity contribution is 0.354. The van der Waals surface area contributed by atoms with Crippen LogP contribution in [0.2, 0.25) is 0 Å². The Morgan fingerprint density at radius 2 is 1.84 bits per heavy atom. The molecule has 0 bridgehead atoms. The molecule has 0 unspecified atom stereocenters. The molecule has 9 heteroatoms. The van der Waals surface area contributed by atoms with E-state index in [9.17, 15) is 8.42 Å². The van der Waals surface area contributed by atoms with Gasteiger partial charge in [0.15, 0.2) is 11.5 Å². The van der Waals surface area contributed by atoms with Gasteiger partial charge < -0.3 is 9.47 Å². The second-order valence-electron chi connectivity index (χ2n) is 3.68. The second-order valence-corrected chi connectivity index (χ2v) is 5.59. The molecule has 0 aliphatic rings. The summed E-state index contributed by atoms with van der Waals surface area (Å²) in [6, 6.07) is 4.86. The average Bonchev–Trinajstić information content (AvgIpc) is 2.87. The van der Waals surface area contributed by atoms with Crippen LogP contribution in [0.25, 0.3) is 5.69 Å². The largest absolute Gasteiger partial charge is 0.493 e. The molecule has 0 radical (unpaired) electrons. The van der Waals surface area contributed by atoms with Crippen molar-refractivity contribution in [3.63, 3.8) is 0 Å². The lowest BCUT2D eigenvalue weighted by atomic mass is 10.3. The van der Waals surface area contributed by atoms with Gasteiger partial charge in [0.2, 0.25) is 9.84 Å². The van der Waals surface area contributed by atoms with Crippen LogP contribution in [0.15, 0.2) is 23.4 Å². The quantitative estimate of drug-likeness (QED) is 0.784. The van der Waals surface area contributed by atoms with Crippen LogP contribution in [0.1, 0.15) is 0 Å². The lowest BCUT2D eigenvalue weighted by Crippen LogP contribution is -2.09. The smallest absolute Gasteiger partial charge is 0.272 e. The number of tetrazole rings is 1. The zero-order valence-electron chi connectivity index (χ0n) is 10.6. The molecule has 0 spiro atoms. The number of aromatic nitrogens is 4. The summed E-state index contributed by atoms with van der Waals surface area (Å²) < 4.78 is 34.5. The maximum atomic E-state index is 11.5. The Bertz CT molecular complexity index is 695. The molecule has 0 atom stereocenters. The van der Waals surface area contributed by atoms with Crippen LogP contribution < -0.4 is 9.47 Å². The standard InChI is InChI=1S/C10H12N4O4S/c1-17-8-5-4-7(6-9(8)18-2)14-10(11-12-13-14)19(3,15)16/h4-6H,1-3H3. The van der Waals surface area contributed by atoms with Crippen molar-refractivity contribution in [3.05, 3.63) is 18.2 Å². The van der Waals surface area contributed by atoms with Gasteiger partial charge in [0, 0.05) is 12.3 Å². The molecule has 2 aromatic rings.